The lowest BCUT2D eigenvalue weighted by Gasteiger charge is -2.47. The molecule has 0 radical (unpaired) electrons. The van der Waals surface area contributed by atoms with E-state index in [1.165, 1.54) is 0 Å². The molecule has 1 saturated carbocycles. The van der Waals surface area contributed by atoms with Crippen LogP contribution < -0.4 is 15.0 Å². The van der Waals surface area contributed by atoms with Gasteiger partial charge in [-0.2, -0.15) is 0 Å². The summed E-state index contributed by atoms with van der Waals surface area (Å²) < 4.78 is 11.5. The highest BCUT2D eigenvalue weighted by Crippen LogP contribution is 2.47. The first-order valence-corrected chi connectivity index (χ1v) is 14.8. The summed E-state index contributed by atoms with van der Waals surface area (Å²) in [7, 11) is 0. The summed E-state index contributed by atoms with van der Waals surface area (Å²) in [4.78, 5) is 57.2. The van der Waals surface area contributed by atoms with Crippen molar-refractivity contribution in [1.29, 1.82) is 0 Å². The van der Waals surface area contributed by atoms with Crippen molar-refractivity contribution in [2.75, 3.05) is 31.1 Å². The molecule has 2 fully saturated rings. The van der Waals surface area contributed by atoms with E-state index in [-0.39, 0.29) is 36.3 Å². The minimum atomic E-state index is -0.871. The number of ether oxygens (including phenoxy) is 2. The van der Waals surface area contributed by atoms with Crippen LogP contribution in [0.4, 0.5) is 10.5 Å². The number of nitrogens with one attached hydrogen (secondary N) is 1. The number of piperidine rings is 1. The molecule has 2 aliphatic heterocycles. The number of rotatable bonds is 8. The molecule has 40 heavy (non-hydrogen) atoms. The van der Waals surface area contributed by atoms with Crippen molar-refractivity contribution in [3.63, 3.8) is 0 Å². The fraction of sp³-hybridized carbons (Fsp3) is 0.655. The average molecular weight is 577 g/mol. The molecular weight excluding hydrogens is 536 g/mol. The van der Waals surface area contributed by atoms with E-state index in [9.17, 15) is 19.2 Å². The number of likely N-dealkylation sites (tertiary alicyclic amines) is 1. The molecule has 1 aromatic rings. The number of amides is 4. The summed E-state index contributed by atoms with van der Waals surface area (Å²) in [6, 6.07) is 3.26. The molecule has 1 aromatic carbocycles. The van der Waals surface area contributed by atoms with Crippen LogP contribution in [0.15, 0.2) is 12.1 Å². The van der Waals surface area contributed by atoms with Crippen LogP contribution in [0.3, 0.4) is 0 Å². The van der Waals surface area contributed by atoms with Crippen molar-refractivity contribution < 1.29 is 28.7 Å². The third-order valence-corrected chi connectivity index (χ3v) is 8.10. The van der Waals surface area contributed by atoms with Crippen molar-refractivity contribution >= 4 is 41.1 Å². The van der Waals surface area contributed by atoms with Crippen molar-refractivity contribution in [2.45, 2.75) is 96.4 Å². The second-order valence-corrected chi connectivity index (χ2v) is 11.8. The fourth-order valence-corrected chi connectivity index (χ4v) is 5.87. The van der Waals surface area contributed by atoms with E-state index in [0.717, 1.165) is 24.8 Å². The van der Waals surface area contributed by atoms with Gasteiger partial charge in [0.15, 0.2) is 11.2 Å². The summed E-state index contributed by atoms with van der Waals surface area (Å²) >= 11 is 5.86. The molecular formula is C29H41ClN4O6. The maximum atomic E-state index is 14.1. The van der Waals surface area contributed by atoms with Gasteiger partial charge in [0.25, 0.3) is 11.8 Å². The van der Waals surface area contributed by atoms with E-state index < -0.39 is 17.3 Å². The quantitative estimate of drug-likeness (QED) is 0.465. The summed E-state index contributed by atoms with van der Waals surface area (Å²) in [5.41, 5.74) is 0.155. The molecule has 220 valence electrons. The van der Waals surface area contributed by atoms with E-state index in [2.05, 4.69) is 5.32 Å². The summed E-state index contributed by atoms with van der Waals surface area (Å²) in [5.74, 6) is 0.192. The Kier molecular flexibility index (Phi) is 9.17. The van der Waals surface area contributed by atoms with Gasteiger partial charge in [0.2, 0.25) is 5.91 Å². The SMILES string of the molecule is CCC(=O)NCCN1C(=O)C2(CCC2)Oc2cc(C)c(C(=O)N(C(C)C)[C@@H]3CCCN(C(=O)OC(C)Cl)C3)cc21. The number of hydrogen-bond acceptors (Lipinski definition) is 6. The van der Waals surface area contributed by atoms with Crippen LogP contribution in [0, 0.1) is 6.92 Å². The number of fused-ring (bicyclic) bond motifs is 1. The molecule has 2 heterocycles. The molecule has 0 aromatic heterocycles. The Morgan fingerprint density at radius 1 is 1.23 bits per heavy atom. The van der Waals surface area contributed by atoms with Gasteiger partial charge in [-0.3, -0.25) is 14.4 Å². The maximum Gasteiger partial charge on any atom is 0.411 e. The zero-order chi connectivity index (χ0) is 29.2. The molecule has 1 aliphatic carbocycles. The first kappa shape index (κ1) is 30.0. The van der Waals surface area contributed by atoms with Gasteiger partial charge in [-0.05, 0) is 77.5 Å². The van der Waals surface area contributed by atoms with Gasteiger partial charge >= 0.3 is 6.09 Å². The molecule has 3 aliphatic rings. The van der Waals surface area contributed by atoms with Gasteiger partial charge in [0.05, 0.1) is 11.7 Å². The molecule has 11 heteroatoms. The standard InChI is InChI=1S/C29H41ClN4O6/c1-6-25(35)31-12-14-33-23-16-22(19(4)15-24(23)40-29(27(33)37)10-8-11-29)26(36)34(18(2)3)21-9-7-13-32(17-21)28(38)39-20(5)30/h15-16,18,20-21H,6-14,17H2,1-5H3,(H,31,35)/t20?,21-/m1/s1. The maximum absolute atomic E-state index is 14.1. The Labute approximate surface area is 241 Å². The van der Waals surface area contributed by atoms with Crippen LogP contribution in [0.25, 0.3) is 0 Å². The Morgan fingerprint density at radius 3 is 2.55 bits per heavy atom. The number of carbonyl (C=O) groups is 4. The number of aryl methyl sites for hydroxylation is 1. The molecule has 4 rings (SSSR count). The zero-order valence-electron chi connectivity index (χ0n) is 24.1. The van der Waals surface area contributed by atoms with Gasteiger partial charge in [0.1, 0.15) is 5.75 Å². The van der Waals surface area contributed by atoms with Crippen LogP contribution in [-0.2, 0) is 14.3 Å². The highest BCUT2D eigenvalue weighted by Gasteiger charge is 2.52. The van der Waals surface area contributed by atoms with Crippen molar-refractivity contribution in [3.05, 3.63) is 23.3 Å². The van der Waals surface area contributed by atoms with Crippen molar-refractivity contribution in [2.24, 2.45) is 0 Å². The number of alkyl halides is 1. The molecule has 0 bridgehead atoms. The fourth-order valence-electron chi connectivity index (χ4n) is 5.79. The minimum Gasteiger partial charge on any atom is -0.475 e. The van der Waals surface area contributed by atoms with Gasteiger partial charge in [0, 0.05) is 44.2 Å². The van der Waals surface area contributed by atoms with E-state index in [0.29, 0.717) is 55.9 Å². The van der Waals surface area contributed by atoms with Gasteiger partial charge in [-0.25, -0.2) is 4.79 Å². The first-order valence-electron chi connectivity index (χ1n) is 14.3. The summed E-state index contributed by atoms with van der Waals surface area (Å²) in [5, 5.41) is 2.84. The molecule has 2 atom stereocenters. The highest BCUT2D eigenvalue weighted by atomic mass is 35.5. The monoisotopic (exact) mass is 576 g/mol. The lowest BCUT2D eigenvalue weighted by Crippen LogP contribution is -2.61. The van der Waals surface area contributed by atoms with Gasteiger partial charge in [-0.15, -0.1) is 0 Å². The number of nitrogens with zero attached hydrogens (tertiary/aromatic N) is 3. The molecule has 1 saturated heterocycles. The second kappa shape index (κ2) is 12.2. The molecule has 1 unspecified atom stereocenters. The Hall–Kier alpha value is -3.01. The number of benzene rings is 1. The van der Waals surface area contributed by atoms with E-state index in [4.69, 9.17) is 21.1 Å². The normalized spacial score (nSPS) is 20.4. The van der Waals surface area contributed by atoms with Crippen LogP contribution in [-0.4, -0.2) is 83.0 Å². The van der Waals surface area contributed by atoms with Crippen LogP contribution >= 0.6 is 11.6 Å². The van der Waals surface area contributed by atoms with Crippen LogP contribution in [0.1, 0.15) is 82.1 Å². The molecule has 1 N–H and O–H groups in total. The smallest absolute Gasteiger partial charge is 0.411 e. The van der Waals surface area contributed by atoms with E-state index >= 15 is 0 Å². The van der Waals surface area contributed by atoms with Gasteiger partial charge < -0.3 is 29.5 Å². The molecule has 10 nitrogen and oxygen atoms in total. The third kappa shape index (κ3) is 6.01. The third-order valence-electron chi connectivity index (χ3n) is 8.01. The summed E-state index contributed by atoms with van der Waals surface area (Å²) in [6.07, 6.45) is 3.57. The second-order valence-electron chi connectivity index (χ2n) is 11.2. The minimum absolute atomic E-state index is 0.0856. The summed E-state index contributed by atoms with van der Waals surface area (Å²) in [6.45, 7) is 10.6. The topological polar surface area (TPSA) is 108 Å². The molecule has 1 spiro atoms. The van der Waals surface area contributed by atoms with Crippen LogP contribution in [0.2, 0.25) is 0 Å². The lowest BCUT2D eigenvalue weighted by molar-refractivity contribution is -0.143. The van der Waals surface area contributed by atoms with Crippen LogP contribution in [0.5, 0.6) is 5.75 Å². The van der Waals surface area contributed by atoms with E-state index in [1.807, 2.05) is 31.7 Å². The zero-order valence-corrected chi connectivity index (χ0v) is 24.9. The number of hydrogen-bond donors (Lipinski definition) is 1. The largest absolute Gasteiger partial charge is 0.475 e. The van der Waals surface area contributed by atoms with Gasteiger partial charge in [-0.1, -0.05) is 18.5 Å². The Morgan fingerprint density at radius 2 is 1.95 bits per heavy atom. The Bertz CT molecular complexity index is 1150. The number of anilines is 1. The lowest BCUT2D eigenvalue weighted by atomic mass is 9.77. The Balaban J connectivity index is 1.63. The van der Waals surface area contributed by atoms with E-state index in [1.54, 1.807) is 29.7 Å². The molecule has 4 amide bonds. The first-order chi connectivity index (χ1) is 19.0. The predicted molar refractivity (Wildman–Crippen MR) is 152 cm³/mol. The predicted octanol–water partition coefficient (Wildman–Crippen LogP) is 4.21. The highest BCUT2D eigenvalue weighted by molar-refractivity contribution is 6.19. The van der Waals surface area contributed by atoms with Crippen molar-refractivity contribution in [3.8, 4) is 5.75 Å². The number of halogens is 1. The number of carbonyl (C=O) groups excluding carboxylic acids is 4. The van der Waals surface area contributed by atoms with Crippen molar-refractivity contribution in [1.82, 2.24) is 15.1 Å². The average Bonchev–Trinajstić information content (AvgIpc) is 2.88.